The largest absolute Gasteiger partial charge is 0.508 e. The Balaban J connectivity index is 2.74. The quantitative estimate of drug-likeness (QED) is 0.358. The molecule has 0 aliphatic rings. The van der Waals surface area contributed by atoms with Crippen molar-refractivity contribution in [3.8, 4) is 5.75 Å². The van der Waals surface area contributed by atoms with Crippen molar-refractivity contribution in [3.63, 3.8) is 0 Å². The van der Waals surface area contributed by atoms with Crippen molar-refractivity contribution in [2.75, 3.05) is 6.16 Å². The Kier molecular flexibility index (Phi) is 6.42. The molecule has 0 aromatic heterocycles. The maximum Gasteiger partial charge on any atom is 0.312 e. The number of hydrogen-bond acceptors (Lipinski definition) is 6. The van der Waals surface area contributed by atoms with E-state index < -0.39 is 31.7 Å². The van der Waals surface area contributed by atoms with E-state index in [9.17, 15) is 24.5 Å². The molecule has 8 nitrogen and oxygen atoms in total. The van der Waals surface area contributed by atoms with Gasteiger partial charge in [-0.15, -0.1) is 0 Å². The van der Waals surface area contributed by atoms with Crippen LogP contribution < -0.4 is 0 Å². The summed E-state index contributed by atoms with van der Waals surface area (Å²) < 4.78 is 0. The molecule has 22 heavy (non-hydrogen) atoms. The van der Waals surface area contributed by atoms with Crippen LogP contribution in [0.15, 0.2) is 29.3 Å². The number of phenolic OH excluding ortho intramolecular Hbond substituents is 1. The Morgan fingerprint density at radius 3 is 2.50 bits per heavy atom. The van der Waals surface area contributed by atoms with Gasteiger partial charge in [-0.25, -0.2) is 14.8 Å². The predicted octanol–water partition coefficient (Wildman–Crippen LogP) is 1.45. The van der Waals surface area contributed by atoms with Crippen molar-refractivity contribution >= 4 is 31.3 Å². The number of hydrogen-bond donors (Lipinski definition) is 5. The third-order valence-electron chi connectivity index (χ3n) is 2.77. The second-order valence-electron chi connectivity index (χ2n) is 4.70. The fourth-order valence-corrected chi connectivity index (χ4v) is 3.09. The summed E-state index contributed by atoms with van der Waals surface area (Å²) in [6.07, 6.45) is -1.06. The van der Waals surface area contributed by atoms with Crippen LogP contribution in [-0.2, 0) is 9.59 Å². The summed E-state index contributed by atoms with van der Waals surface area (Å²) in [6, 6.07) is 5.76. The van der Waals surface area contributed by atoms with E-state index in [2.05, 4.69) is 4.99 Å². The van der Waals surface area contributed by atoms with E-state index >= 15 is 0 Å². The molecular weight excluding hydrogens is 313 g/mol. The zero-order valence-electron chi connectivity index (χ0n) is 11.5. The van der Waals surface area contributed by atoms with Crippen molar-refractivity contribution in [2.45, 2.75) is 12.8 Å². The van der Waals surface area contributed by atoms with Gasteiger partial charge >= 0.3 is 19.7 Å². The first-order valence-electron chi connectivity index (χ1n) is 6.32. The predicted molar refractivity (Wildman–Crippen MR) is 80.5 cm³/mol. The molecule has 1 aromatic carbocycles. The minimum atomic E-state index is -3.74. The lowest BCUT2D eigenvalue weighted by atomic mass is 10.1. The van der Waals surface area contributed by atoms with Gasteiger partial charge in [0.15, 0.2) is 0 Å². The maximum atomic E-state index is 11.0. The Bertz CT molecular complexity index is 573. The van der Waals surface area contributed by atoms with E-state index in [1.54, 1.807) is 0 Å². The monoisotopic (exact) mass is 330 g/mol. The fourth-order valence-electron chi connectivity index (χ4n) is 1.69. The molecule has 0 saturated heterocycles. The van der Waals surface area contributed by atoms with E-state index in [1.807, 2.05) is 0 Å². The molecule has 0 fully saturated rings. The van der Waals surface area contributed by atoms with Gasteiger partial charge in [0, 0.05) is 12.5 Å². The number of carboxylic acid groups (broad SMARTS) is 2. The zero-order chi connectivity index (χ0) is 16.8. The molecule has 120 valence electrons. The number of benzene rings is 1. The van der Waals surface area contributed by atoms with Gasteiger partial charge in [-0.2, -0.15) is 0 Å². The van der Waals surface area contributed by atoms with Crippen molar-refractivity contribution in [3.05, 3.63) is 24.3 Å². The molecule has 1 atom stereocenters. The van der Waals surface area contributed by atoms with Crippen LogP contribution in [0.1, 0.15) is 12.8 Å². The number of carboxylic acids is 2. The third-order valence-corrected chi connectivity index (χ3v) is 4.23. The Hall–Kier alpha value is -2.02. The van der Waals surface area contributed by atoms with E-state index in [1.165, 1.54) is 24.3 Å². The Morgan fingerprint density at radius 1 is 1.27 bits per heavy atom. The summed E-state index contributed by atoms with van der Waals surface area (Å²) >= 11 is 0. The van der Waals surface area contributed by atoms with Gasteiger partial charge in [-0.1, -0.05) is 6.07 Å². The van der Waals surface area contributed by atoms with Gasteiger partial charge in [0.1, 0.15) is 11.9 Å². The fraction of sp³-hybridized carbons (Fsp3) is 0.308. The molecule has 1 aromatic rings. The Morgan fingerprint density at radius 2 is 1.95 bits per heavy atom. The first kappa shape index (κ1) is 18.0. The smallest absolute Gasteiger partial charge is 0.312 e. The highest BCUT2D eigenvalue weighted by Gasteiger charge is 2.38. The summed E-state index contributed by atoms with van der Waals surface area (Å²) in [6.45, 7) is 0. The average molecular weight is 330 g/mol. The van der Waals surface area contributed by atoms with Crippen LogP contribution in [-0.4, -0.2) is 49.2 Å². The molecule has 1 rings (SSSR count). The maximum absolute atomic E-state index is 11.0. The molecule has 0 spiro atoms. The van der Waals surface area contributed by atoms with Crippen LogP contribution in [0, 0.1) is 5.92 Å². The number of rotatable bonds is 8. The van der Waals surface area contributed by atoms with Crippen LogP contribution >= 0.6 is 7.72 Å². The topological polar surface area (TPSA) is 148 Å². The van der Waals surface area contributed by atoms with E-state index in [4.69, 9.17) is 10.2 Å². The second kappa shape index (κ2) is 7.84. The molecule has 0 aliphatic carbocycles. The number of aliphatic imine (C=N–C) groups is 1. The molecule has 0 radical (unpaired) electrons. The molecule has 9 heteroatoms. The van der Waals surface area contributed by atoms with Gasteiger partial charge in [0.2, 0.25) is 5.96 Å². The van der Waals surface area contributed by atoms with E-state index in [-0.39, 0.29) is 24.3 Å². The highest BCUT2D eigenvalue weighted by atomic mass is 31.2. The van der Waals surface area contributed by atoms with Gasteiger partial charge in [0.25, 0.3) is 0 Å². The summed E-state index contributed by atoms with van der Waals surface area (Å²) in [5, 5.41) is 26.8. The van der Waals surface area contributed by atoms with Gasteiger partial charge < -0.3 is 15.3 Å². The number of aromatic hydroxyl groups is 1. The summed E-state index contributed by atoms with van der Waals surface area (Å²) in [5.74, 6) is -2.81. The highest BCUT2D eigenvalue weighted by Crippen LogP contribution is 2.49. The third kappa shape index (κ3) is 6.62. The van der Waals surface area contributed by atoms with E-state index in [0.717, 1.165) is 5.96 Å². The number of carbonyl (C=O) groups is 2. The minimum absolute atomic E-state index is 0.0423. The lowest BCUT2D eigenvalue weighted by molar-refractivity contribution is -0.142. The summed E-state index contributed by atoms with van der Waals surface area (Å²) in [4.78, 5) is 45.1. The standard InChI is InChI=1S/C13H16NO7P/c15-11-3-1-2-10(6-11)14-8-22(20,21)7-9(13(18)19)4-5-12(16)17/h1-3,6,8-9,20-21H,4-5,7H2,(H2-,15,16,17,18,19)/p+1. The van der Waals surface area contributed by atoms with Crippen LogP contribution in [0.5, 0.6) is 5.75 Å². The number of nitrogens with zero attached hydrogens (tertiary/aromatic N) is 1. The zero-order valence-corrected chi connectivity index (χ0v) is 12.4. The number of aliphatic carboxylic acids is 2. The molecule has 0 aliphatic heterocycles. The summed E-state index contributed by atoms with van der Waals surface area (Å²) in [5.41, 5.74) is 0.282. The molecule has 0 saturated carbocycles. The molecule has 1 unspecified atom stereocenters. The van der Waals surface area contributed by atoms with E-state index in [0.29, 0.717) is 0 Å². The molecule has 0 amide bonds. The first-order valence-corrected chi connectivity index (χ1v) is 8.26. The highest BCUT2D eigenvalue weighted by molar-refractivity contribution is 7.79. The molecule has 5 N–H and O–H groups in total. The lowest BCUT2D eigenvalue weighted by Gasteiger charge is -2.13. The molecule has 0 bridgehead atoms. The van der Waals surface area contributed by atoms with Crippen LogP contribution in [0.3, 0.4) is 0 Å². The minimum Gasteiger partial charge on any atom is -0.508 e. The average Bonchev–Trinajstić information content (AvgIpc) is 2.41. The van der Waals surface area contributed by atoms with Gasteiger partial charge in [-0.05, 0) is 18.6 Å². The SMILES string of the molecule is O=C(O)CCC(C[P+](O)(O)C=Nc1cccc(O)c1)C(=O)O. The number of phenols is 1. The van der Waals surface area contributed by atoms with Crippen LogP contribution in [0.4, 0.5) is 5.69 Å². The van der Waals surface area contributed by atoms with Crippen molar-refractivity contribution in [1.82, 2.24) is 0 Å². The first-order chi connectivity index (χ1) is 10.2. The molecule has 0 heterocycles. The second-order valence-corrected chi connectivity index (χ2v) is 6.87. The molecular formula is C13H17NO7P+. The Labute approximate surface area is 126 Å². The van der Waals surface area contributed by atoms with Gasteiger partial charge in [0.05, 0.1) is 11.6 Å². The van der Waals surface area contributed by atoms with Crippen molar-refractivity contribution in [2.24, 2.45) is 10.9 Å². The van der Waals surface area contributed by atoms with Gasteiger partial charge in [-0.3, -0.25) is 9.59 Å². The van der Waals surface area contributed by atoms with Crippen LogP contribution in [0.2, 0.25) is 0 Å². The lowest BCUT2D eigenvalue weighted by Crippen LogP contribution is -2.21. The van der Waals surface area contributed by atoms with Crippen molar-refractivity contribution in [1.29, 1.82) is 0 Å². The normalized spacial score (nSPS) is 13.2. The van der Waals surface area contributed by atoms with Crippen LogP contribution in [0.25, 0.3) is 0 Å². The summed E-state index contributed by atoms with van der Waals surface area (Å²) in [7, 11) is -3.74. The van der Waals surface area contributed by atoms with Crippen molar-refractivity contribution < 1.29 is 34.7 Å².